The van der Waals surface area contributed by atoms with Crippen LogP contribution in [-0.4, -0.2) is 42.8 Å². The van der Waals surface area contributed by atoms with Crippen LogP contribution in [0, 0.1) is 5.92 Å². The van der Waals surface area contributed by atoms with Crippen molar-refractivity contribution >= 4 is 35.0 Å². The molecule has 6 nitrogen and oxygen atoms in total. The fraction of sp³-hybridized carbons (Fsp3) is 0.318. The van der Waals surface area contributed by atoms with Crippen molar-refractivity contribution in [1.29, 1.82) is 0 Å². The number of hydrogen-bond donors (Lipinski definition) is 2. The fourth-order valence-electron chi connectivity index (χ4n) is 2.62. The highest BCUT2D eigenvalue weighted by Crippen LogP contribution is 2.14. The van der Waals surface area contributed by atoms with Crippen LogP contribution in [0.3, 0.4) is 0 Å². The third-order valence-electron chi connectivity index (χ3n) is 4.42. The number of benzene rings is 2. The van der Waals surface area contributed by atoms with Crippen LogP contribution in [0.4, 0.5) is 5.69 Å². The Balaban J connectivity index is 2.02. The SMILES string of the molecule is CC(C)C(NC(=O)c1ccc(Cl)cc1)C(=O)Nc1ccc(CC(=O)N(C)C)cc1. The molecule has 3 amide bonds. The molecular formula is C22H26ClN3O3. The van der Waals surface area contributed by atoms with Gasteiger partial charge in [0.2, 0.25) is 11.8 Å². The number of hydrogen-bond acceptors (Lipinski definition) is 3. The summed E-state index contributed by atoms with van der Waals surface area (Å²) < 4.78 is 0. The van der Waals surface area contributed by atoms with E-state index >= 15 is 0 Å². The molecule has 0 fully saturated rings. The summed E-state index contributed by atoms with van der Waals surface area (Å²) in [6, 6.07) is 12.9. The van der Waals surface area contributed by atoms with Crippen LogP contribution >= 0.6 is 11.6 Å². The minimum Gasteiger partial charge on any atom is -0.349 e. The van der Waals surface area contributed by atoms with E-state index in [9.17, 15) is 14.4 Å². The second kappa shape index (κ2) is 10.1. The van der Waals surface area contributed by atoms with Crippen LogP contribution in [-0.2, 0) is 16.0 Å². The first-order chi connectivity index (χ1) is 13.7. The van der Waals surface area contributed by atoms with Crippen molar-refractivity contribution in [1.82, 2.24) is 10.2 Å². The smallest absolute Gasteiger partial charge is 0.251 e. The van der Waals surface area contributed by atoms with Gasteiger partial charge in [-0.15, -0.1) is 0 Å². The number of carbonyl (C=O) groups excluding carboxylic acids is 3. The van der Waals surface area contributed by atoms with E-state index in [1.807, 2.05) is 13.8 Å². The zero-order chi connectivity index (χ0) is 21.6. The van der Waals surface area contributed by atoms with Gasteiger partial charge >= 0.3 is 0 Å². The Hall–Kier alpha value is -2.86. The predicted octanol–water partition coefficient (Wildman–Crippen LogP) is 3.36. The number of halogens is 1. The lowest BCUT2D eigenvalue weighted by Gasteiger charge is -2.22. The molecule has 0 saturated carbocycles. The average Bonchev–Trinajstić information content (AvgIpc) is 2.67. The van der Waals surface area contributed by atoms with E-state index in [4.69, 9.17) is 11.6 Å². The maximum Gasteiger partial charge on any atom is 0.251 e. The molecular weight excluding hydrogens is 390 g/mol. The Bertz CT molecular complexity index is 862. The Morgan fingerprint density at radius 1 is 0.966 bits per heavy atom. The summed E-state index contributed by atoms with van der Waals surface area (Å²) in [7, 11) is 3.42. The highest BCUT2D eigenvalue weighted by Gasteiger charge is 2.24. The number of nitrogens with one attached hydrogen (secondary N) is 2. The molecule has 0 aliphatic heterocycles. The number of amides is 3. The zero-order valence-electron chi connectivity index (χ0n) is 17.0. The van der Waals surface area contributed by atoms with E-state index in [2.05, 4.69) is 10.6 Å². The van der Waals surface area contributed by atoms with Crippen molar-refractivity contribution in [2.45, 2.75) is 26.3 Å². The second-order valence-corrected chi connectivity index (χ2v) is 7.79. The first-order valence-corrected chi connectivity index (χ1v) is 9.71. The fourth-order valence-corrected chi connectivity index (χ4v) is 2.75. The predicted molar refractivity (Wildman–Crippen MR) is 115 cm³/mol. The van der Waals surface area contributed by atoms with Gasteiger partial charge in [0, 0.05) is 30.4 Å². The topological polar surface area (TPSA) is 78.5 Å². The second-order valence-electron chi connectivity index (χ2n) is 7.35. The van der Waals surface area contributed by atoms with Crippen LogP contribution in [0.25, 0.3) is 0 Å². The van der Waals surface area contributed by atoms with Crippen molar-refractivity contribution in [3.63, 3.8) is 0 Å². The lowest BCUT2D eigenvalue weighted by atomic mass is 10.0. The van der Waals surface area contributed by atoms with Crippen molar-refractivity contribution in [3.8, 4) is 0 Å². The van der Waals surface area contributed by atoms with E-state index in [1.165, 1.54) is 4.90 Å². The monoisotopic (exact) mass is 415 g/mol. The molecule has 29 heavy (non-hydrogen) atoms. The number of rotatable bonds is 7. The molecule has 0 aliphatic carbocycles. The maximum absolute atomic E-state index is 12.7. The van der Waals surface area contributed by atoms with Gasteiger partial charge in [-0.1, -0.05) is 37.6 Å². The highest BCUT2D eigenvalue weighted by atomic mass is 35.5. The Kier molecular flexibility index (Phi) is 7.79. The summed E-state index contributed by atoms with van der Waals surface area (Å²) in [6.07, 6.45) is 0.299. The van der Waals surface area contributed by atoms with Crippen molar-refractivity contribution < 1.29 is 14.4 Å². The first kappa shape index (κ1) is 22.4. The van der Waals surface area contributed by atoms with Crippen LogP contribution in [0.1, 0.15) is 29.8 Å². The van der Waals surface area contributed by atoms with E-state index in [-0.39, 0.29) is 23.6 Å². The third-order valence-corrected chi connectivity index (χ3v) is 4.67. The van der Waals surface area contributed by atoms with Crippen LogP contribution < -0.4 is 10.6 Å². The van der Waals surface area contributed by atoms with Crippen LogP contribution in [0.5, 0.6) is 0 Å². The van der Waals surface area contributed by atoms with Gasteiger partial charge in [0.25, 0.3) is 5.91 Å². The first-order valence-electron chi connectivity index (χ1n) is 9.33. The molecule has 1 unspecified atom stereocenters. The molecule has 0 bridgehead atoms. The summed E-state index contributed by atoms with van der Waals surface area (Å²) in [4.78, 5) is 38.5. The molecule has 0 radical (unpaired) electrons. The summed E-state index contributed by atoms with van der Waals surface area (Å²) in [6.45, 7) is 3.73. The molecule has 0 saturated heterocycles. The van der Waals surface area contributed by atoms with Crippen molar-refractivity contribution in [2.24, 2.45) is 5.92 Å². The standard InChI is InChI=1S/C22H26ClN3O3/c1-14(2)20(25-21(28)16-7-9-17(23)10-8-16)22(29)24-18-11-5-15(6-12-18)13-19(27)26(3)4/h5-12,14,20H,13H2,1-4H3,(H,24,29)(H,25,28). The molecule has 0 aromatic heterocycles. The van der Waals surface area contributed by atoms with Crippen molar-refractivity contribution in [3.05, 3.63) is 64.7 Å². The van der Waals surface area contributed by atoms with Crippen molar-refractivity contribution in [2.75, 3.05) is 19.4 Å². The van der Waals surface area contributed by atoms with E-state index in [1.54, 1.807) is 62.6 Å². The van der Waals surface area contributed by atoms with Gasteiger partial charge in [0.15, 0.2) is 0 Å². The van der Waals surface area contributed by atoms with Crippen LogP contribution in [0.15, 0.2) is 48.5 Å². The summed E-state index contributed by atoms with van der Waals surface area (Å²) in [5.74, 6) is -0.748. The van der Waals surface area contributed by atoms with Gasteiger partial charge in [-0.3, -0.25) is 14.4 Å². The molecule has 0 spiro atoms. The van der Waals surface area contributed by atoms with Gasteiger partial charge in [-0.25, -0.2) is 0 Å². The average molecular weight is 416 g/mol. The molecule has 7 heteroatoms. The number of anilines is 1. The van der Waals surface area contributed by atoms with Gasteiger partial charge < -0.3 is 15.5 Å². The van der Waals surface area contributed by atoms with E-state index in [0.717, 1.165) is 5.56 Å². The maximum atomic E-state index is 12.7. The molecule has 2 aromatic carbocycles. The molecule has 0 aliphatic rings. The third kappa shape index (κ3) is 6.61. The molecule has 2 N–H and O–H groups in total. The minimum absolute atomic E-state index is 0.00608. The number of carbonyl (C=O) groups is 3. The van der Waals surface area contributed by atoms with Gasteiger partial charge in [0.05, 0.1) is 6.42 Å². The van der Waals surface area contributed by atoms with Gasteiger partial charge in [0.1, 0.15) is 6.04 Å². The van der Waals surface area contributed by atoms with E-state index in [0.29, 0.717) is 22.7 Å². The lowest BCUT2D eigenvalue weighted by molar-refractivity contribution is -0.128. The Morgan fingerprint density at radius 2 is 1.55 bits per heavy atom. The molecule has 1 atom stereocenters. The lowest BCUT2D eigenvalue weighted by Crippen LogP contribution is -2.47. The Morgan fingerprint density at radius 3 is 2.07 bits per heavy atom. The largest absolute Gasteiger partial charge is 0.349 e. The van der Waals surface area contributed by atoms with E-state index < -0.39 is 6.04 Å². The molecule has 2 aromatic rings. The zero-order valence-corrected chi connectivity index (χ0v) is 17.8. The summed E-state index contributed by atoms with van der Waals surface area (Å²) >= 11 is 5.85. The molecule has 0 heterocycles. The molecule has 2 rings (SSSR count). The highest BCUT2D eigenvalue weighted by molar-refractivity contribution is 6.30. The van der Waals surface area contributed by atoms with Crippen LogP contribution in [0.2, 0.25) is 5.02 Å². The quantitative estimate of drug-likeness (QED) is 0.727. The normalized spacial score (nSPS) is 11.7. The summed E-state index contributed by atoms with van der Waals surface area (Å²) in [5, 5.41) is 6.14. The Labute approximate surface area is 176 Å². The van der Waals surface area contributed by atoms with Gasteiger partial charge in [-0.05, 0) is 47.9 Å². The van der Waals surface area contributed by atoms with Gasteiger partial charge in [-0.2, -0.15) is 0 Å². The molecule has 154 valence electrons. The number of nitrogens with zero attached hydrogens (tertiary/aromatic N) is 1. The minimum atomic E-state index is -0.701. The summed E-state index contributed by atoms with van der Waals surface area (Å²) in [5.41, 5.74) is 1.89. The number of likely N-dealkylation sites (N-methyl/N-ethyl adjacent to an activating group) is 1.